The van der Waals surface area contributed by atoms with E-state index in [1.165, 1.54) is 13.2 Å². The van der Waals surface area contributed by atoms with Gasteiger partial charge >= 0.3 is 5.97 Å². The fourth-order valence-electron chi connectivity index (χ4n) is 2.18. The summed E-state index contributed by atoms with van der Waals surface area (Å²) in [6, 6.07) is 3.07. The number of rotatable bonds is 3. The minimum Gasteiger partial charge on any atom is -0.495 e. The van der Waals surface area contributed by atoms with Crippen LogP contribution in [0.4, 0.5) is 0 Å². The molecular weight excluding hydrogens is 358 g/mol. The summed E-state index contributed by atoms with van der Waals surface area (Å²) in [4.78, 5) is 11.0. The van der Waals surface area contributed by atoms with E-state index in [1.54, 1.807) is 6.07 Å². The SMILES string of the molecule is COc1c(Br)cc2c(c1-c1cc(C(=O)O)on1)OCCCO2. The molecule has 2 heterocycles. The van der Waals surface area contributed by atoms with Gasteiger partial charge in [0.2, 0.25) is 5.76 Å². The Morgan fingerprint density at radius 1 is 1.36 bits per heavy atom. The van der Waals surface area contributed by atoms with Crippen molar-refractivity contribution in [2.75, 3.05) is 20.3 Å². The van der Waals surface area contributed by atoms with Crippen LogP contribution in [0.1, 0.15) is 17.0 Å². The Hall–Kier alpha value is -2.22. The van der Waals surface area contributed by atoms with Crippen LogP contribution >= 0.6 is 15.9 Å². The maximum Gasteiger partial charge on any atom is 0.374 e. The summed E-state index contributed by atoms with van der Waals surface area (Å²) in [7, 11) is 1.51. The van der Waals surface area contributed by atoms with Crippen LogP contribution in [0.15, 0.2) is 21.1 Å². The number of benzene rings is 1. The molecule has 3 rings (SSSR count). The minimum absolute atomic E-state index is 0.264. The van der Waals surface area contributed by atoms with Gasteiger partial charge in [0.15, 0.2) is 11.5 Å². The quantitative estimate of drug-likeness (QED) is 0.888. The largest absolute Gasteiger partial charge is 0.495 e. The number of carbonyl (C=O) groups is 1. The number of methoxy groups -OCH3 is 1. The number of halogens is 1. The zero-order valence-corrected chi connectivity index (χ0v) is 13.2. The van der Waals surface area contributed by atoms with Gasteiger partial charge in [-0.3, -0.25) is 0 Å². The minimum atomic E-state index is -1.20. The van der Waals surface area contributed by atoms with Gasteiger partial charge in [-0.15, -0.1) is 0 Å². The summed E-state index contributed by atoms with van der Waals surface area (Å²) >= 11 is 3.41. The Bertz CT molecular complexity index is 726. The fraction of sp³-hybridized carbons (Fsp3) is 0.286. The van der Waals surface area contributed by atoms with Crippen molar-refractivity contribution < 1.29 is 28.6 Å². The lowest BCUT2D eigenvalue weighted by molar-refractivity contribution is 0.0652. The van der Waals surface area contributed by atoms with E-state index in [2.05, 4.69) is 21.1 Å². The third-order valence-electron chi connectivity index (χ3n) is 3.13. The maximum absolute atomic E-state index is 11.0. The Labute approximate surface area is 133 Å². The Morgan fingerprint density at radius 2 is 2.14 bits per heavy atom. The molecule has 0 atom stereocenters. The van der Waals surface area contributed by atoms with Crippen molar-refractivity contribution in [1.82, 2.24) is 5.16 Å². The number of carboxylic acids is 1. The van der Waals surface area contributed by atoms with Crippen LogP contribution in [-0.4, -0.2) is 36.6 Å². The van der Waals surface area contributed by atoms with Crippen LogP contribution in [0, 0.1) is 0 Å². The first-order valence-electron chi connectivity index (χ1n) is 6.48. The lowest BCUT2D eigenvalue weighted by Crippen LogP contribution is -1.99. The second-order valence-electron chi connectivity index (χ2n) is 4.53. The second-order valence-corrected chi connectivity index (χ2v) is 5.38. The van der Waals surface area contributed by atoms with Gasteiger partial charge in [-0.1, -0.05) is 5.16 Å². The number of aromatic carboxylic acids is 1. The summed E-state index contributed by atoms with van der Waals surface area (Å²) in [5, 5.41) is 12.8. The summed E-state index contributed by atoms with van der Waals surface area (Å²) in [5.41, 5.74) is 0.794. The van der Waals surface area contributed by atoms with Gasteiger partial charge in [-0.25, -0.2) is 4.79 Å². The van der Waals surface area contributed by atoms with Crippen LogP contribution in [0.3, 0.4) is 0 Å². The van der Waals surface area contributed by atoms with Gasteiger partial charge < -0.3 is 23.8 Å². The molecule has 1 N–H and O–H groups in total. The van der Waals surface area contributed by atoms with Crippen molar-refractivity contribution in [3.63, 3.8) is 0 Å². The fourth-order valence-corrected chi connectivity index (χ4v) is 2.75. The summed E-state index contributed by atoms with van der Waals surface area (Å²) in [6.07, 6.45) is 0.743. The zero-order valence-electron chi connectivity index (χ0n) is 11.6. The highest BCUT2D eigenvalue weighted by Crippen LogP contribution is 2.49. The molecule has 0 spiro atoms. The smallest absolute Gasteiger partial charge is 0.374 e. The molecule has 0 saturated carbocycles. The molecule has 7 nitrogen and oxygen atoms in total. The van der Waals surface area contributed by atoms with E-state index in [-0.39, 0.29) is 5.76 Å². The van der Waals surface area contributed by atoms with Crippen LogP contribution in [0.5, 0.6) is 17.2 Å². The molecule has 0 unspecified atom stereocenters. The van der Waals surface area contributed by atoms with Crippen molar-refractivity contribution in [3.05, 3.63) is 22.4 Å². The molecule has 0 amide bonds. The molecule has 1 aliphatic heterocycles. The summed E-state index contributed by atoms with van der Waals surface area (Å²) < 4.78 is 22.3. The molecule has 0 radical (unpaired) electrons. The molecule has 1 aromatic heterocycles. The lowest BCUT2D eigenvalue weighted by atomic mass is 10.1. The number of fused-ring (bicyclic) bond motifs is 1. The first-order chi connectivity index (χ1) is 10.6. The van der Waals surface area contributed by atoms with E-state index in [4.69, 9.17) is 23.8 Å². The molecule has 0 saturated heterocycles. The first kappa shape index (κ1) is 14.7. The van der Waals surface area contributed by atoms with Crippen molar-refractivity contribution in [2.24, 2.45) is 0 Å². The number of hydrogen-bond donors (Lipinski definition) is 1. The van der Waals surface area contributed by atoms with Crippen LogP contribution in [-0.2, 0) is 0 Å². The zero-order chi connectivity index (χ0) is 15.7. The highest BCUT2D eigenvalue weighted by molar-refractivity contribution is 9.10. The average Bonchev–Trinajstić information content (AvgIpc) is 2.86. The van der Waals surface area contributed by atoms with Gasteiger partial charge in [-0.05, 0) is 15.9 Å². The van der Waals surface area contributed by atoms with E-state index in [1.807, 2.05) is 0 Å². The molecule has 0 aliphatic carbocycles. The molecule has 1 aromatic carbocycles. The molecule has 8 heteroatoms. The van der Waals surface area contributed by atoms with Gasteiger partial charge in [-0.2, -0.15) is 0 Å². The van der Waals surface area contributed by atoms with E-state index in [9.17, 15) is 4.79 Å². The normalized spacial score (nSPS) is 13.5. The van der Waals surface area contributed by atoms with Crippen molar-refractivity contribution in [2.45, 2.75) is 6.42 Å². The highest BCUT2D eigenvalue weighted by atomic mass is 79.9. The summed E-state index contributed by atoms with van der Waals surface area (Å²) in [6.45, 7) is 1.01. The molecule has 0 fully saturated rings. The van der Waals surface area contributed by atoms with Crippen molar-refractivity contribution >= 4 is 21.9 Å². The van der Waals surface area contributed by atoms with E-state index in [0.717, 1.165) is 6.42 Å². The average molecular weight is 370 g/mol. The van der Waals surface area contributed by atoms with Gasteiger partial charge in [0.05, 0.1) is 30.4 Å². The van der Waals surface area contributed by atoms with Crippen molar-refractivity contribution in [3.8, 4) is 28.5 Å². The van der Waals surface area contributed by atoms with Crippen LogP contribution < -0.4 is 14.2 Å². The topological polar surface area (TPSA) is 91.0 Å². The Morgan fingerprint density at radius 3 is 2.82 bits per heavy atom. The van der Waals surface area contributed by atoms with Gasteiger partial charge in [0, 0.05) is 18.6 Å². The van der Waals surface area contributed by atoms with Crippen LogP contribution in [0.25, 0.3) is 11.3 Å². The Balaban J connectivity index is 2.22. The van der Waals surface area contributed by atoms with Gasteiger partial charge in [0.25, 0.3) is 0 Å². The third-order valence-corrected chi connectivity index (χ3v) is 3.72. The molecule has 1 aliphatic rings. The third kappa shape index (κ3) is 2.50. The molecular formula is C14H12BrNO6. The molecule has 0 bridgehead atoms. The number of ether oxygens (including phenoxy) is 3. The summed E-state index contributed by atoms with van der Waals surface area (Å²) in [5.74, 6) is 0.00798. The monoisotopic (exact) mass is 369 g/mol. The standard InChI is InChI=1S/C14H12BrNO6/c1-19-12-7(15)5-9-13(21-4-2-3-20-9)11(12)8-6-10(14(17)18)22-16-8/h5-6H,2-4H2,1H3,(H,17,18). The van der Waals surface area contributed by atoms with Gasteiger partial charge in [0.1, 0.15) is 11.4 Å². The van der Waals surface area contributed by atoms with E-state index < -0.39 is 5.97 Å². The molecule has 2 aromatic rings. The number of hydrogen-bond acceptors (Lipinski definition) is 6. The van der Waals surface area contributed by atoms with E-state index >= 15 is 0 Å². The molecule has 22 heavy (non-hydrogen) atoms. The van der Waals surface area contributed by atoms with E-state index in [0.29, 0.717) is 46.2 Å². The maximum atomic E-state index is 11.0. The number of nitrogens with zero attached hydrogens (tertiary/aromatic N) is 1. The molecule has 116 valence electrons. The highest BCUT2D eigenvalue weighted by Gasteiger charge is 2.26. The number of carboxylic acid groups (broad SMARTS) is 1. The first-order valence-corrected chi connectivity index (χ1v) is 7.27. The predicted molar refractivity (Wildman–Crippen MR) is 78.8 cm³/mol. The van der Waals surface area contributed by atoms with Crippen molar-refractivity contribution in [1.29, 1.82) is 0 Å². The lowest BCUT2D eigenvalue weighted by Gasteiger charge is -2.16. The number of aromatic nitrogens is 1. The Kier molecular flexibility index (Phi) is 3.93. The second kappa shape index (κ2) is 5.88. The van der Waals surface area contributed by atoms with Crippen LogP contribution in [0.2, 0.25) is 0 Å². The predicted octanol–water partition coefficient (Wildman–Crippen LogP) is 2.97.